The first-order valence-corrected chi connectivity index (χ1v) is 6.39. The highest BCUT2D eigenvalue weighted by molar-refractivity contribution is 9.08. The molecule has 0 radical (unpaired) electrons. The smallest absolute Gasteiger partial charge is 0.405 e. The molecule has 0 heterocycles. The minimum Gasteiger partial charge on any atom is -0.405 e. The Morgan fingerprint density at radius 2 is 2.11 bits per heavy atom. The standard InChI is InChI=1S/C11H9BrClF3O2/c1-6(17)10(13)8-3-2-7(5-12)4-9(8)18-11(14,15)16/h2-4,10H,5H2,1H3. The van der Waals surface area contributed by atoms with Crippen molar-refractivity contribution in [1.82, 2.24) is 0 Å². The first-order valence-electron chi connectivity index (χ1n) is 4.83. The topological polar surface area (TPSA) is 26.3 Å². The molecule has 0 aliphatic rings. The van der Waals surface area contributed by atoms with Crippen molar-refractivity contribution in [2.45, 2.75) is 24.0 Å². The molecular formula is C11H9BrClF3O2. The van der Waals surface area contributed by atoms with E-state index in [1.807, 2.05) is 0 Å². The van der Waals surface area contributed by atoms with E-state index in [0.29, 0.717) is 10.9 Å². The third-order valence-corrected chi connectivity index (χ3v) is 3.28. The van der Waals surface area contributed by atoms with Gasteiger partial charge in [-0.05, 0) is 18.6 Å². The summed E-state index contributed by atoms with van der Waals surface area (Å²) in [6.07, 6.45) is -4.83. The minimum absolute atomic E-state index is 0.00573. The Labute approximate surface area is 115 Å². The molecule has 0 aliphatic carbocycles. The van der Waals surface area contributed by atoms with E-state index in [1.54, 1.807) is 6.07 Å². The van der Waals surface area contributed by atoms with Gasteiger partial charge in [0.2, 0.25) is 0 Å². The van der Waals surface area contributed by atoms with Gasteiger partial charge in [0.25, 0.3) is 0 Å². The number of Topliss-reactive ketones (excluding diaryl/α,β-unsaturated/α-hetero) is 1. The van der Waals surface area contributed by atoms with E-state index in [2.05, 4.69) is 20.7 Å². The van der Waals surface area contributed by atoms with Crippen molar-refractivity contribution in [3.63, 3.8) is 0 Å². The molecule has 0 aromatic heterocycles. The Morgan fingerprint density at radius 1 is 1.50 bits per heavy atom. The first kappa shape index (κ1) is 15.3. The predicted molar refractivity (Wildman–Crippen MR) is 65.0 cm³/mol. The summed E-state index contributed by atoms with van der Waals surface area (Å²) in [5.74, 6) is -0.898. The molecule has 1 aromatic carbocycles. The molecule has 1 unspecified atom stereocenters. The van der Waals surface area contributed by atoms with Crippen LogP contribution in [0.15, 0.2) is 18.2 Å². The van der Waals surface area contributed by atoms with Crippen LogP contribution >= 0.6 is 27.5 Å². The number of hydrogen-bond donors (Lipinski definition) is 0. The van der Waals surface area contributed by atoms with Crippen molar-refractivity contribution >= 4 is 33.3 Å². The lowest BCUT2D eigenvalue weighted by Crippen LogP contribution is -2.19. The number of rotatable bonds is 4. The fraction of sp³-hybridized carbons (Fsp3) is 0.364. The molecule has 0 spiro atoms. The van der Waals surface area contributed by atoms with Gasteiger partial charge in [0.1, 0.15) is 11.1 Å². The van der Waals surface area contributed by atoms with Crippen LogP contribution in [0.5, 0.6) is 5.75 Å². The van der Waals surface area contributed by atoms with Gasteiger partial charge in [-0.1, -0.05) is 28.1 Å². The highest BCUT2D eigenvalue weighted by Gasteiger charge is 2.33. The number of hydrogen-bond acceptors (Lipinski definition) is 2. The lowest BCUT2D eigenvalue weighted by Gasteiger charge is -2.16. The van der Waals surface area contributed by atoms with Gasteiger partial charge in [0.05, 0.1) is 0 Å². The number of carbonyl (C=O) groups is 1. The van der Waals surface area contributed by atoms with Gasteiger partial charge in [0, 0.05) is 10.9 Å². The summed E-state index contributed by atoms with van der Waals surface area (Å²) in [4.78, 5) is 11.1. The van der Waals surface area contributed by atoms with E-state index in [0.717, 1.165) is 0 Å². The van der Waals surface area contributed by atoms with Crippen LogP contribution in [0.1, 0.15) is 23.4 Å². The van der Waals surface area contributed by atoms with Crippen molar-refractivity contribution in [1.29, 1.82) is 0 Å². The Kier molecular flexibility index (Phi) is 5.04. The first-order chi connectivity index (χ1) is 8.24. The molecule has 18 heavy (non-hydrogen) atoms. The van der Waals surface area contributed by atoms with Crippen LogP contribution in [0.25, 0.3) is 0 Å². The quantitative estimate of drug-likeness (QED) is 0.758. The lowest BCUT2D eigenvalue weighted by molar-refractivity contribution is -0.274. The van der Waals surface area contributed by atoms with Crippen LogP contribution in [-0.2, 0) is 10.1 Å². The summed E-state index contributed by atoms with van der Waals surface area (Å²) in [7, 11) is 0. The molecule has 0 saturated carbocycles. The number of ether oxygens (including phenoxy) is 1. The van der Waals surface area contributed by atoms with E-state index in [-0.39, 0.29) is 5.56 Å². The summed E-state index contributed by atoms with van der Waals surface area (Å²) in [5, 5.41) is -0.791. The van der Waals surface area contributed by atoms with Gasteiger partial charge < -0.3 is 4.74 Å². The molecule has 1 atom stereocenters. The molecule has 7 heteroatoms. The summed E-state index contributed by atoms with van der Waals surface area (Å²) >= 11 is 8.89. The van der Waals surface area contributed by atoms with E-state index < -0.39 is 23.3 Å². The van der Waals surface area contributed by atoms with E-state index in [1.165, 1.54) is 19.1 Å². The van der Waals surface area contributed by atoms with Crippen LogP contribution in [-0.4, -0.2) is 12.1 Å². The highest BCUT2D eigenvalue weighted by Crippen LogP contribution is 2.35. The molecule has 0 fully saturated rings. The molecule has 0 amide bonds. The van der Waals surface area contributed by atoms with Gasteiger partial charge in [-0.15, -0.1) is 24.8 Å². The molecule has 0 bridgehead atoms. The lowest BCUT2D eigenvalue weighted by atomic mass is 10.1. The molecule has 0 saturated heterocycles. The van der Waals surface area contributed by atoms with Gasteiger partial charge in [-0.25, -0.2) is 0 Å². The number of carbonyl (C=O) groups excluding carboxylic acids is 1. The summed E-state index contributed by atoms with van der Waals surface area (Å²) in [6, 6.07) is 4.14. The molecular weight excluding hydrogens is 336 g/mol. The number of alkyl halides is 5. The second-order valence-electron chi connectivity index (χ2n) is 3.53. The van der Waals surface area contributed by atoms with Crippen molar-refractivity contribution in [3.05, 3.63) is 29.3 Å². The summed E-state index contributed by atoms with van der Waals surface area (Å²) in [5.41, 5.74) is 0.594. The van der Waals surface area contributed by atoms with Gasteiger partial charge in [-0.3, -0.25) is 4.79 Å². The van der Waals surface area contributed by atoms with Crippen molar-refractivity contribution < 1.29 is 22.7 Å². The number of halogens is 5. The van der Waals surface area contributed by atoms with E-state index in [9.17, 15) is 18.0 Å². The fourth-order valence-electron chi connectivity index (χ4n) is 1.30. The second-order valence-corrected chi connectivity index (χ2v) is 4.52. The summed E-state index contributed by atoms with van der Waals surface area (Å²) in [6.45, 7) is 1.20. The van der Waals surface area contributed by atoms with Crippen molar-refractivity contribution in [2.75, 3.05) is 0 Å². The largest absolute Gasteiger partial charge is 0.573 e. The maximum absolute atomic E-state index is 12.3. The Hall–Kier alpha value is -0.750. The Balaban J connectivity index is 3.20. The highest BCUT2D eigenvalue weighted by atomic mass is 79.9. The average molecular weight is 346 g/mol. The zero-order valence-corrected chi connectivity index (χ0v) is 11.6. The fourth-order valence-corrected chi connectivity index (χ4v) is 1.83. The molecule has 1 aromatic rings. The summed E-state index contributed by atoms with van der Waals surface area (Å²) < 4.78 is 40.7. The molecule has 0 N–H and O–H groups in total. The number of ketones is 1. The maximum Gasteiger partial charge on any atom is 0.573 e. The molecule has 100 valence electrons. The monoisotopic (exact) mass is 344 g/mol. The Morgan fingerprint density at radius 3 is 2.56 bits per heavy atom. The SMILES string of the molecule is CC(=O)C(Cl)c1ccc(CBr)cc1OC(F)(F)F. The van der Waals surface area contributed by atoms with Crippen molar-refractivity contribution in [3.8, 4) is 5.75 Å². The third kappa shape index (κ3) is 4.17. The van der Waals surface area contributed by atoms with Gasteiger partial charge in [-0.2, -0.15) is 0 Å². The van der Waals surface area contributed by atoms with Crippen LogP contribution in [0.2, 0.25) is 0 Å². The molecule has 2 nitrogen and oxygen atoms in total. The van der Waals surface area contributed by atoms with Crippen molar-refractivity contribution in [2.24, 2.45) is 0 Å². The Bertz CT molecular complexity index is 448. The van der Waals surface area contributed by atoms with Crippen LogP contribution in [0.4, 0.5) is 13.2 Å². The van der Waals surface area contributed by atoms with Gasteiger partial charge in [0.15, 0.2) is 5.78 Å². The zero-order chi connectivity index (χ0) is 13.9. The maximum atomic E-state index is 12.3. The third-order valence-electron chi connectivity index (χ3n) is 2.09. The zero-order valence-electron chi connectivity index (χ0n) is 9.22. The van der Waals surface area contributed by atoms with Crippen LogP contribution in [0.3, 0.4) is 0 Å². The predicted octanol–water partition coefficient (Wildman–Crippen LogP) is 4.35. The average Bonchev–Trinajstić information content (AvgIpc) is 2.25. The van der Waals surface area contributed by atoms with Gasteiger partial charge >= 0.3 is 6.36 Å². The normalized spacial score (nSPS) is 13.2. The molecule has 0 aliphatic heterocycles. The van der Waals surface area contributed by atoms with Crippen LogP contribution in [0, 0.1) is 0 Å². The second kappa shape index (κ2) is 5.93. The van der Waals surface area contributed by atoms with E-state index in [4.69, 9.17) is 11.6 Å². The van der Waals surface area contributed by atoms with E-state index >= 15 is 0 Å². The number of benzene rings is 1. The molecule has 1 rings (SSSR count). The van der Waals surface area contributed by atoms with Crippen LogP contribution < -0.4 is 4.74 Å². The minimum atomic E-state index is -4.83.